The molecular weight excluding hydrogens is 396 g/mol. The number of carbonyl (C=O) groups excluding carboxylic acids is 4. The van der Waals surface area contributed by atoms with E-state index in [1.807, 2.05) is 6.07 Å². The molecule has 1 saturated carbocycles. The zero-order valence-corrected chi connectivity index (χ0v) is 17.1. The maximum absolute atomic E-state index is 12.4. The van der Waals surface area contributed by atoms with Crippen molar-refractivity contribution in [2.75, 3.05) is 13.2 Å². The minimum Gasteiger partial charge on any atom is -0.456 e. The monoisotopic (exact) mass is 420 g/mol. The average Bonchev–Trinajstić information content (AvgIpc) is 2.95. The van der Waals surface area contributed by atoms with Crippen LogP contribution in [0.25, 0.3) is 0 Å². The Labute approximate surface area is 174 Å². The Morgan fingerprint density at radius 3 is 2.48 bits per heavy atom. The quantitative estimate of drug-likeness (QED) is 0.540. The predicted molar refractivity (Wildman–Crippen MR) is 106 cm³/mol. The molecule has 1 heterocycles. The van der Waals surface area contributed by atoms with E-state index in [2.05, 4.69) is 5.32 Å². The zero-order valence-electron chi connectivity index (χ0n) is 16.4. The van der Waals surface area contributed by atoms with Crippen LogP contribution in [0.5, 0.6) is 0 Å². The van der Waals surface area contributed by atoms with E-state index in [1.54, 1.807) is 25.1 Å². The number of nitrogens with one attached hydrogen (secondary N) is 1. The van der Waals surface area contributed by atoms with Gasteiger partial charge in [0.2, 0.25) is 11.8 Å². The normalized spacial score (nSPS) is 22.2. The van der Waals surface area contributed by atoms with Gasteiger partial charge in [0, 0.05) is 11.6 Å². The first-order chi connectivity index (χ1) is 13.9. The van der Waals surface area contributed by atoms with Crippen molar-refractivity contribution in [3.63, 3.8) is 0 Å². The molecule has 0 unspecified atom stereocenters. The van der Waals surface area contributed by atoms with E-state index in [4.69, 9.17) is 16.3 Å². The van der Waals surface area contributed by atoms with Gasteiger partial charge in [-0.1, -0.05) is 36.6 Å². The molecule has 156 valence electrons. The number of imide groups is 1. The lowest BCUT2D eigenvalue weighted by atomic mass is 9.81. The molecule has 3 rings (SSSR count). The Bertz CT molecular complexity index is 788. The van der Waals surface area contributed by atoms with Gasteiger partial charge in [0.05, 0.1) is 24.3 Å². The fraction of sp³-hybridized carbons (Fsp3) is 0.524. The third kappa shape index (κ3) is 5.15. The standard InChI is InChI=1S/C21H25ClN2O5/c1-13(14-5-4-6-15(22)11-14)23-18(25)12-29-19(26)9-10-24-20(27)16-7-2-3-8-17(16)21(24)28/h4-6,11,13,16-17H,2-3,7-10,12H2,1H3,(H,23,25)/t13-,16+,17+/m1/s1. The van der Waals surface area contributed by atoms with E-state index >= 15 is 0 Å². The summed E-state index contributed by atoms with van der Waals surface area (Å²) in [7, 11) is 0. The summed E-state index contributed by atoms with van der Waals surface area (Å²) in [6.45, 7) is 1.39. The number of likely N-dealkylation sites (tertiary alicyclic amines) is 1. The van der Waals surface area contributed by atoms with Crippen molar-refractivity contribution in [3.05, 3.63) is 34.9 Å². The predicted octanol–water partition coefficient (Wildman–Crippen LogP) is 2.63. The number of carbonyl (C=O) groups is 4. The molecule has 1 aromatic carbocycles. The molecule has 1 aliphatic carbocycles. The Kier molecular flexibility index (Phi) is 6.90. The lowest BCUT2D eigenvalue weighted by Crippen LogP contribution is -2.34. The third-order valence-corrected chi connectivity index (χ3v) is 5.80. The Balaban J connectivity index is 1.41. The summed E-state index contributed by atoms with van der Waals surface area (Å²) in [6, 6.07) is 6.83. The maximum Gasteiger partial charge on any atom is 0.308 e. The number of benzene rings is 1. The van der Waals surface area contributed by atoms with Crippen LogP contribution < -0.4 is 5.32 Å². The summed E-state index contributed by atoms with van der Waals surface area (Å²) in [6.07, 6.45) is 3.27. The molecule has 0 aromatic heterocycles. The van der Waals surface area contributed by atoms with Crippen LogP contribution in [0, 0.1) is 11.8 Å². The van der Waals surface area contributed by atoms with Crippen LogP contribution in [0.1, 0.15) is 50.6 Å². The highest BCUT2D eigenvalue weighted by molar-refractivity contribution is 6.30. The van der Waals surface area contributed by atoms with Crippen molar-refractivity contribution in [3.8, 4) is 0 Å². The van der Waals surface area contributed by atoms with Gasteiger partial charge in [-0.15, -0.1) is 0 Å². The van der Waals surface area contributed by atoms with Crippen molar-refractivity contribution < 1.29 is 23.9 Å². The van der Waals surface area contributed by atoms with E-state index in [9.17, 15) is 19.2 Å². The molecule has 29 heavy (non-hydrogen) atoms. The van der Waals surface area contributed by atoms with Gasteiger partial charge in [-0.3, -0.25) is 24.1 Å². The largest absolute Gasteiger partial charge is 0.456 e. The number of hydrogen-bond acceptors (Lipinski definition) is 5. The van der Waals surface area contributed by atoms with Gasteiger partial charge >= 0.3 is 5.97 Å². The first-order valence-electron chi connectivity index (χ1n) is 9.92. The number of nitrogens with zero attached hydrogens (tertiary/aromatic N) is 1. The lowest BCUT2D eigenvalue weighted by Gasteiger charge is -2.19. The van der Waals surface area contributed by atoms with Crippen molar-refractivity contribution in [1.82, 2.24) is 10.2 Å². The molecule has 1 aromatic rings. The summed E-state index contributed by atoms with van der Waals surface area (Å²) >= 11 is 5.94. The highest BCUT2D eigenvalue weighted by atomic mass is 35.5. The van der Waals surface area contributed by atoms with Gasteiger partial charge in [-0.25, -0.2) is 0 Å². The van der Waals surface area contributed by atoms with Gasteiger partial charge in [-0.2, -0.15) is 0 Å². The van der Waals surface area contributed by atoms with Crippen LogP contribution in [-0.4, -0.2) is 41.7 Å². The number of ether oxygens (including phenoxy) is 1. The minimum absolute atomic E-state index is 0.00400. The minimum atomic E-state index is -0.619. The molecule has 3 amide bonds. The van der Waals surface area contributed by atoms with Crippen molar-refractivity contribution in [2.24, 2.45) is 11.8 Å². The molecule has 0 radical (unpaired) electrons. The Morgan fingerprint density at radius 2 is 1.86 bits per heavy atom. The van der Waals surface area contributed by atoms with Gasteiger partial charge in [0.15, 0.2) is 6.61 Å². The highest BCUT2D eigenvalue weighted by Gasteiger charge is 2.47. The number of halogens is 1. The van der Waals surface area contributed by atoms with Gasteiger partial charge < -0.3 is 10.1 Å². The second-order valence-corrected chi connectivity index (χ2v) is 8.02. The average molecular weight is 421 g/mol. The van der Waals surface area contributed by atoms with Crippen LogP contribution in [0.4, 0.5) is 0 Å². The molecule has 0 spiro atoms. The zero-order chi connectivity index (χ0) is 21.0. The van der Waals surface area contributed by atoms with Crippen molar-refractivity contribution in [2.45, 2.75) is 45.1 Å². The maximum atomic E-state index is 12.4. The van der Waals surface area contributed by atoms with E-state index in [0.29, 0.717) is 5.02 Å². The first kappa shape index (κ1) is 21.3. The fourth-order valence-corrected chi connectivity index (χ4v) is 4.21. The summed E-state index contributed by atoms with van der Waals surface area (Å²) in [5.41, 5.74) is 0.838. The summed E-state index contributed by atoms with van der Waals surface area (Å²) in [5.74, 6) is -1.88. The van der Waals surface area contributed by atoms with Crippen molar-refractivity contribution >= 4 is 35.3 Å². The van der Waals surface area contributed by atoms with Gasteiger partial charge in [0.1, 0.15) is 0 Å². The second kappa shape index (κ2) is 9.39. The Morgan fingerprint density at radius 1 is 1.21 bits per heavy atom. The number of amides is 3. The SMILES string of the molecule is C[C@@H](NC(=O)COC(=O)CCN1C(=O)[C@H]2CCCC[C@@H]2C1=O)c1cccc(Cl)c1. The van der Waals surface area contributed by atoms with Crippen LogP contribution in [-0.2, 0) is 23.9 Å². The van der Waals surface area contributed by atoms with Crippen molar-refractivity contribution in [1.29, 1.82) is 0 Å². The molecule has 1 aliphatic heterocycles. The van der Waals surface area contributed by atoms with E-state index in [-0.39, 0.29) is 42.7 Å². The molecule has 3 atom stereocenters. The Hall–Kier alpha value is -2.41. The second-order valence-electron chi connectivity index (χ2n) is 7.58. The van der Waals surface area contributed by atoms with Crippen LogP contribution in [0.2, 0.25) is 5.02 Å². The van der Waals surface area contributed by atoms with Crippen LogP contribution in [0.15, 0.2) is 24.3 Å². The molecule has 1 saturated heterocycles. The van der Waals surface area contributed by atoms with E-state index in [1.165, 1.54) is 4.90 Å². The van der Waals surface area contributed by atoms with E-state index in [0.717, 1.165) is 31.2 Å². The number of fused-ring (bicyclic) bond motifs is 1. The molecule has 8 heteroatoms. The van der Waals surface area contributed by atoms with Gasteiger partial charge in [0.25, 0.3) is 5.91 Å². The van der Waals surface area contributed by atoms with Crippen LogP contribution >= 0.6 is 11.6 Å². The number of hydrogen-bond donors (Lipinski definition) is 1. The molecular formula is C21H25ClN2O5. The highest BCUT2D eigenvalue weighted by Crippen LogP contribution is 2.37. The number of rotatable bonds is 7. The summed E-state index contributed by atoms with van der Waals surface area (Å²) in [4.78, 5) is 49.9. The number of esters is 1. The first-order valence-corrected chi connectivity index (χ1v) is 10.3. The molecule has 7 nitrogen and oxygen atoms in total. The molecule has 1 N–H and O–H groups in total. The summed E-state index contributed by atoms with van der Waals surface area (Å²) in [5, 5.41) is 3.30. The molecule has 0 bridgehead atoms. The lowest BCUT2D eigenvalue weighted by molar-refractivity contribution is -0.150. The molecule has 2 fully saturated rings. The topological polar surface area (TPSA) is 92.8 Å². The van der Waals surface area contributed by atoms with E-state index < -0.39 is 18.5 Å². The fourth-order valence-electron chi connectivity index (χ4n) is 4.02. The molecule has 2 aliphatic rings. The smallest absolute Gasteiger partial charge is 0.308 e. The van der Waals surface area contributed by atoms with Gasteiger partial charge in [-0.05, 0) is 37.5 Å². The third-order valence-electron chi connectivity index (χ3n) is 5.56. The van der Waals surface area contributed by atoms with Crippen LogP contribution in [0.3, 0.4) is 0 Å². The summed E-state index contributed by atoms with van der Waals surface area (Å²) < 4.78 is 4.99.